The number of amides is 1. The first-order valence-corrected chi connectivity index (χ1v) is 11.1. The van der Waals surface area contributed by atoms with E-state index in [4.69, 9.17) is 0 Å². The molecule has 0 radical (unpaired) electrons. The first kappa shape index (κ1) is 19.3. The highest BCUT2D eigenvalue weighted by molar-refractivity contribution is 7.99. The summed E-state index contributed by atoms with van der Waals surface area (Å²) in [4.78, 5) is 16.8. The van der Waals surface area contributed by atoms with Crippen LogP contribution in [-0.2, 0) is 21.2 Å². The number of aromatic nitrogens is 2. The smallest absolute Gasteiger partial charge is 0.230 e. The van der Waals surface area contributed by atoms with Gasteiger partial charge < -0.3 is 9.88 Å². The van der Waals surface area contributed by atoms with Crippen molar-refractivity contribution in [3.05, 3.63) is 11.4 Å². The summed E-state index contributed by atoms with van der Waals surface area (Å²) in [6, 6.07) is 0. The van der Waals surface area contributed by atoms with Crippen molar-refractivity contribution in [2.24, 2.45) is 0 Å². The van der Waals surface area contributed by atoms with Gasteiger partial charge >= 0.3 is 0 Å². The molecule has 0 spiro atoms. The topological polar surface area (TPSA) is 81.1 Å². The molecule has 2 heterocycles. The Morgan fingerprint density at radius 3 is 2.71 bits per heavy atom. The zero-order chi connectivity index (χ0) is 18.0. The van der Waals surface area contributed by atoms with Crippen LogP contribution in [0.5, 0.6) is 0 Å². The van der Waals surface area contributed by atoms with E-state index in [-0.39, 0.29) is 23.2 Å². The number of carbonyl (C=O) groups excluding carboxylic acids is 1. The average Bonchev–Trinajstić information content (AvgIpc) is 2.91. The maximum Gasteiger partial charge on any atom is 0.230 e. The van der Waals surface area contributed by atoms with Gasteiger partial charge in [0, 0.05) is 12.2 Å². The van der Waals surface area contributed by atoms with Crippen molar-refractivity contribution in [3.63, 3.8) is 0 Å². The van der Waals surface area contributed by atoms with Crippen molar-refractivity contribution in [1.82, 2.24) is 14.9 Å². The molecule has 1 aliphatic heterocycles. The molecule has 0 aliphatic carbocycles. The molecule has 136 valence electrons. The van der Waals surface area contributed by atoms with Gasteiger partial charge in [-0.25, -0.2) is 13.4 Å². The fourth-order valence-corrected chi connectivity index (χ4v) is 5.94. The van der Waals surface area contributed by atoms with E-state index >= 15 is 0 Å². The van der Waals surface area contributed by atoms with Gasteiger partial charge in [0.15, 0.2) is 15.0 Å². The van der Waals surface area contributed by atoms with Crippen LogP contribution >= 0.6 is 11.8 Å². The monoisotopic (exact) mass is 373 g/mol. The minimum atomic E-state index is -3.02. The van der Waals surface area contributed by atoms with Crippen molar-refractivity contribution < 1.29 is 13.2 Å². The summed E-state index contributed by atoms with van der Waals surface area (Å²) in [5.41, 5.74) is 1.49. The van der Waals surface area contributed by atoms with Crippen LogP contribution in [0.25, 0.3) is 0 Å². The molecule has 0 saturated carbocycles. The molecular weight excluding hydrogens is 346 g/mol. The molecule has 1 N–H and O–H groups in total. The molecule has 1 aromatic rings. The fraction of sp³-hybridized carbons (Fsp3) is 0.750. The lowest BCUT2D eigenvalue weighted by atomic mass is 10.0. The van der Waals surface area contributed by atoms with Crippen LogP contribution in [0.4, 0.5) is 0 Å². The minimum absolute atomic E-state index is 0.0275. The quantitative estimate of drug-likeness (QED) is 0.740. The van der Waals surface area contributed by atoms with Gasteiger partial charge in [0.05, 0.1) is 28.5 Å². The van der Waals surface area contributed by atoms with Gasteiger partial charge in [0.1, 0.15) is 0 Å². The van der Waals surface area contributed by atoms with E-state index in [1.165, 1.54) is 11.8 Å². The number of unbranched alkanes of at least 4 members (excludes halogenated alkanes) is 1. The molecule has 1 aromatic heterocycles. The molecule has 6 nitrogen and oxygen atoms in total. The molecule has 1 saturated heterocycles. The summed E-state index contributed by atoms with van der Waals surface area (Å²) in [6.45, 7) is 8.88. The van der Waals surface area contributed by atoms with E-state index in [2.05, 4.69) is 21.8 Å². The number of nitrogens with zero attached hydrogens (tertiary/aromatic N) is 2. The molecular formula is C16H27N3O3S2. The van der Waals surface area contributed by atoms with E-state index < -0.39 is 15.4 Å². The van der Waals surface area contributed by atoms with Gasteiger partial charge in [-0.15, -0.1) is 0 Å². The summed E-state index contributed by atoms with van der Waals surface area (Å²) in [7, 11) is -3.02. The number of hydrogen-bond donors (Lipinski definition) is 1. The van der Waals surface area contributed by atoms with E-state index in [1.54, 1.807) is 6.92 Å². The summed E-state index contributed by atoms with van der Waals surface area (Å²) in [5, 5.41) is 3.75. The van der Waals surface area contributed by atoms with Crippen molar-refractivity contribution in [3.8, 4) is 0 Å². The number of imidazole rings is 1. The lowest BCUT2D eigenvalue weighted by molar-refractivity contribution is -0.120. The Hall–Kier alpha value is -1.02. The zero-order valence-electron chi connectivity index (χ0n) is 14.9. The number of thioether (sulfide) groups is 1. The lowest BCUT2D eigenvalue weighted by Crippen LogP contribution is -2.47. The second-order valence-electron chi connectivity index (χ2n) is 6.81. The third-order valence-electron chi connectivity index (χ3n) is 4.43. The molecule has 1 atom stereocenters. The highest BCUT2D eigenvalue weighted by Gasteiger charge is 2.39. The van der Waals surface area contributed by atoms with Crippen LogP contribution in [0.3, 0.4) is 0 Å². The van der Waals surface area contributed by atoms with Gasteiger partial charge in [0.25, 0.3) is 0 Å². The third-order valence-corrected chi connectivity index (χ3v) is 7.31. The Morgan fingerprint density at radius 1 is 1.42 bits per heavy atom. The number of aryl methyl sites for hydroxylation is 1. The van der Waals surface area contributed by atoms with Crippen molar-refractivity contribution in [1.29, 1.82) is 0 Å². The Balaban J connectivity index is 1.96. The van der Waals surface area contributed by atoms with Crippen molar-refractivity contribution in [2.75, 3.05) is 17.3 Å². The Kier molecular flexibility index (Phi) is 6.01. The number of hydrogen-bond acceptors (Lipinski definition) is 5. The van der Waals surface area contributed by atoms with E-state index in [1.807, 2.05) is 13.8 Å². The Morgan fingerprint density at radius 2 is 2.12 bits per heavy atom. The van der Waals surface area contributed by atoms with Crippen LogP contribution in [0, 0.1) is 13.8 Å². The van der Waals surface area contributed by atoms with Crippen molar-refractivity contribution >= 4 is 27.5 Å². The first-order chi connectivity index (χ1) is 11.2. The number of rotatable bonds is 7. The van der Waals surface area contributed by atoms with Gasteiger partial charge in [-0.1, -0.05) is 25.1 Å². The van der Waals surface area contributed by atoms with Crippen LogP contribution in [0.1, 0.15) is 44.5 Å². The van der Waals surface area contributed by atoms with Gasteiger partial charge in [-0.3, -0.25) is 4.79 Å². The Labute approximate surface area is 148 Å². The van der Waals surface area contributed by atoms with E-state index in [0.29, 0.717) is 6.42 Å². The predicted molar refractivity (Wildman–Crippen MR) is 97.2 cm³/mol. The molecule has 8 heteroatoms. The van der Waals surface area contributed by atoms with E-state index in [9.17, 15) is 13.2 Å². The van der Waals surface area contributed by atoms with Gasteiger partial charge in [0.2, 0.25) is 5.91 Å². The molecule has 24 heavy (non-hydrogen) atoms. The molecule has 1 aliphatic rings. The maximum absolute atomic E-state index is 12.2. The molecule has 0 bridgehead atoms. The molecule has 1 fully saturated rings. The second-order valence-corrected chi connectivity index (χ2v) is 9.94. The fourth-order valence-electron chi connectivity index (χ4n) is 2.93. The predicted octanol–water partition coefficient (Wildman–Crippen LogP) is 2.09. The van der Waals surface area contributed by atoms with Crippen LogP contribution in [-0.4, -0.2) is 46.7 Å². The second kappa shape index (κ2) is 7.47. The number of nitrogens with one attached hydrogen (secondary N) is 1. The van der Waals surface area contributed by atoms with Gasteiger partial charge in [-0.2, -0.15) is 0 Å². The summed E-state index contributed by atoms with van der Waals surface area (Å²) in [6.07, 6.45) is 2.66. The highest BCUT2D eigenvalue weighted by Crippen LogP contribution is 2.25. The van der Waals surface area contributed by atoms with Crippen LogP contribution < -0.4 is 5.32 Å². The molecule has 0 unspecified atom stereocenters. The number of sulfone groups is 1. The third kappa shape index (κ3) is 4.75. The van der Waals surface area contributed by atoms with Gasteiger partial charge in [-0.05, 0) is 33.6 Å². The van der Waals surface area contributed by atoms with E-state index in [0.717, 1.165) is 35.9 Å². The number of carbonyl (C=O) groups is 1. The normalized spacial score (nSPS) is 22.7. The summed E-state index contributed by atoms with van der Waals surface area (Å²) < 4.78 is 25.4. The summed E-state index contributed by atoms with van der Waals surface area (Å²) >= 11 is 1.41. The summed E-state index contributed by atoms with van der Waals surface area (Å²) in [5.74, 6) is 0.286. The Bertz CT molecular complexity index is 712. The molecule has 0 aromatic carbocycles. The first-order valence-electron chi connectivity index (χ1n) is 8.34. The molecule has 2 rings (SSSR count). The SMILES string of the molecule is CCCCn1c(SCC(=O)N[C@@]2(C)CCS(=O)(=O)C2)nc(C)c1C. The average molecular weight is 374 g/mol. The highest BCUT2D eigenvalue weighted by atomic mass is 32.2. The minimum Gasteiger partial charge on any atom is -0.349 e. The molecule has 1 amide bonds. The largest absolute Gasteiger partial charge is 0.349 e. The van der Waals surface area contributed by atoms with Crippen molar-refractivity contribution in [2.45, 2.75) is 64.2 Å². The zero-order valence-corrected chi connectivity index (χ0v) is 16.5. The lowest BCUT2D eigenvalue weighted by Gasteiger charge is -2.23. The van der Waals surface area contributed by atoms with Crippen LogP contribution in [0.2, 0.25) is 0 Å². The maximum atomic E-state index is 12.2. The standard InChI is InChI=1S/C16H27N3O3S2/c1-5-6-8-19-13(3)12(2)17-15(19)23-10-14(20)18-16(4)7-9-24(21,22)11-16/h5-11H2,1-4H3,(H,18,20)/t16-/m0/s1. The van der Waals surface area contributed by atoms with Crippen LogP contribution in [0.15, 0.2) is 5.16 Å².